The zero-order valence-electron chi connectivity index (χ0n) is 15.6. The van der Waals surface area contributed by atoms with E-state index in [0.717, 1.165) is 33.6 Å². The summed E-state index contributed by atoms with van der Waals surface area (Å²) in [5.74, 6) is -0.150. The second kappa shape index (κ2) is 7.97. The number of para-hydroxylation sites is 1. The van der Waals surface area contributed by atoms with Gasteiger partial charge < -0.3 is 10.2 Å². The normalized spacial score (nSPS) is 10.4. The predicted octanol–water partition coefficient (Wildman–Crippen LogP) is 4.30. The van der Waals surface area contributed by atoms with E-state index in [1.165, 1.54) is 6.92 Å². The van der Waals surface area contributed by atoms with Crippen LogP contribution in [0.2, 0.25) is 0 Å². The summed E-state index contributed by atoms with van der Waals surface area (Å²) < 4.78 is 0. The van der Waals surface area contributed by atoms with Gasteiger partial charge in [0.15, 0.2) is 0 Å². The predicted molar refractivity (Wildman–Crippen MR) is 103 cm³/mol. The molecule has 2 aromatic carbocycles. The highest BCUT2D eigenvalue weighted by Gasteiger charge is 2.16. The van der Waals surface area contributed by atoms with E-state index < -0.39 is 0 Å². The molecule has 0 aliphatic heterocycles. The van der Waals surface area contributed by atoms with Crippen molar-refractivity contribution in [3.63, 3.8) is 0 Å². The minimum atomic E-state index is -0.0889. The number of nitrogens with zero attached hydrogens (tertiary/aromatic N) is 1. The largest absolute Gasteiger partial charge is 0.326 e. The first-order chi connectivity index (χ1) is 11.8. The van der Waals surface area contributed by atoms with E-state index in [9.17, 15) is 9.59 Å². The highest BCUT2D eigenvalue weighted by Crippen LogP contribution is 2.24. The Hall–Kier alpha value is -2.62. The molecule has 0 fully saturated rings. The Bertz CT molecular complexity index is 776. The standard InChI is InChI=1S/C21H26N2O2/c1-14-8-7-11-19(17(14)4)23(18(5)24)13-12-20(25)22-21-15(2)9-6-10-16(21)3/h6-11H,12-13H2,1-5H3,(H,22,25). The van der Waals surface area contributed by atoms with E-state index in [1.807, 2.05) is 64.1 Å². The molecule has 0 radical (unpaired) electrons. The van der Waals surface area contributed by atoms with Crippen molar-refractivity contribution >= 4 is 23.2 Å². The first kappa shape index (κ1) is 18.7. The minimum absolute atomic E-state index is 0.0615. The first-order valence-corrected chi connectivity index (χ1v) is 8.51. The second-order valence-corrected chi connectivity index (χ2v) is 6.45. The van der Waals surface area contributed by atoms with E-state index >= 15 is 0 Å². The van der Waals surface area contributed by atoms with E-state index in [1.54, 1.807) is 4.90 Å². The summed E-state index contributed by atoms with van der Waals surface area (Å²) in [6.45, 7) is 9.85. The average Bonchev–Trinajstić information content (AvgIpc) is 2.55. The Kier molecular flexibility index (Phi) is 5.97. The number of rotatable bonds is 5. The lowest BCUT2D eigenvalue weighted by Gasteiger charge is -2.24. The molecule has 2 aromatic rings. The zero-order valence-corrected chi connectivity index (χ0v) is 15.6. The van der Waals surface area contributed by atoms with Crippen molar-refractivity contribution in [2.45, 2.75) is 41.0 Å². The van der Waals surface area contributed by atoms with Crippen LogP contribution in [0.3, 0.4) is 0 Å². The Labute approximate surface area is 149 Å². The van der Waals surface area contributed by atoms with Crippen LogP contribution in [0.1, 0.15) is 35.6 Å². The van der Waals surface area contributed by atoms with Crippen LogP contribution in [0.5, 0.6) is 0 Å². The van der Waals surface area contributed by atoms with Crippen molar-refractivity contribution in [1.82, 2.24) is 0 Å². The summed E-state index contributed by atoms with van der Waals surface area (Å²) in [5.41, 5.74) is 5.98. The highest BCUT2D eigenvalue weighted by atomic mass is 16.2. The molecule has 0 atom stereocenters. The molecule has 0 spiro atoms. The number of anilines is 2. The van der Waals surface area contributed by atoms with Gasteiger partial charge in [0, 0.05) is 31.3 Å². The quantitative estimate of drug-likeness (QED) is 0.883. The van der Waals surface area contributed by atoms with Gasteiger partial charge in [-0.3, -0.25) is 9.59 Å². The summed E-state index contributed by atoms with van der Waals surface area (Å²) in [4.78, 5) is 26.1. The van der Waals surface area contributed by atoms with Gasteiger partial charge in [-0.1, -0.05) is 30.3 Å². The SMILES string of the molecule is CC(=O)N(CCC(=O)Nc1c(C)cccc1C)c1cccc(C)c1C. The number of amides is 2. The molecule has 1 N–H and O–H groups in total. The molecule has 0 aliphatic rings. The smallest absolute Gasteiger partial charge is 0.226 e. The third kappa shape index (κ3) is 4.47. The van der Waals surface area contributed by atoms with Crippen molar-refractivity contribution in [2.24, 2.45) is 0 Å². The van der Waals surface area contributed by atoms with Crippen LogP contribution in [0.15, 0.2) is 36.4 Å². The van der Waals surface area contributed by atoms with Gasteiger partial charge in [0.05, 0.1) is 0 Å². The molecule has 0 aromatic heterocycles. The van der Waals surface area contributed by atoms with Crippen LogP contribution in [0, 0.1) is 27.7 Å². The first-order valence-electron chi connectivity index (χ1n) is 8.51. The van der Waals surface area contributed by atoms with Crippen LogP contribution in [0.25, 0.3) is 0 Å². The lowest BCUT2D eigenvalue weighted by atomic mass is 10.1. The van der Waals surface area contributed by atoms with Crippen LogP contribution in [-0.4, -0.2) is 18.4 Å². The maximum absolute atomic E-state index is 12.4. The summed E-state index contributed by atoms with van der Waals surface area (Å²) in [6, 6.07) is 11.8. The molecular formula is C21H26N2O2. The monoisotopic (exact) mass is 338 g/mol. The van der Waals surface area contributed by atoms with Gasteiger partial charge in [0.2, 0.25) is 11.8 Å². The van der Waals surface area contributed by atoms with Crippen molar-refractivity contribution in [3.05, 3.63) is 58.7 Å². The number of carbonyl (C=O) groups is 2. The van der Waals surface area contributed by atoms with Gasteiger partial charge in [-0.15, -0.1) is 0 Å². The lowest BCUT2D eigenvalue weighted by molar-refractivity contribution is -0.117. The number of benzene rings is 2. The van der Waals surface area contributed by atoms with E-state index in [-0.39, 0.29) is 18.2 Å². The van der Waals surface area contributed by atoms with Crippen molar-refractivity contribution in [3.8, 4) is 0 Å². The fourth-order valence-corrected chi connectivity index (χ4v) is 2.90. The summed E-state index contributed by atoms with van der Waals surface area (Å²) >= 11 is 0. The molecule has 132 valence electrons. The molecule has 0 heterocycles. The van der Waals surface area contributed by atoms with Gasteiger partial charge in [-0.2, -0.15) is 0 Å². The Morgan fingerprint density at radius 3 is 2.08 bits per heavy atom. The van der Waals surface area contributed by atoms with Gasteiger partial charge in [-0.05, 0) is 56.0 Å². The minimum Gasteiger partial charge on any atom is -0.326 e. The highest BCUT2D eigenvalue weighted by molar-refractivity contribution is 5.96. The maximum atomic E-state index is 12.4. The van der Waals surface area contributed by atoms with Crippen LogP contribution in [0.4, 0.5) is 11.4 Å². The number of aryl methyl sites for hydroxylation is 3. The summed E-state index contributed by atoms with van der Waals surface area (Å²) in [5, 5.41) is 2.97. The molecule has 0 bridgehead atoms. The number of carbonyl (C=O) groups excluding carboxylic acids is 2. The van der Waals surface area contributed by atoms with Gasteiger partial charge in [0.1, 0.15) is 0 Å². The van der Waals surface area contributed by atoms with Crippen LogP contribution < -0.4 is 10.2 Å². The average molecular weight is 338 g/mol. The molecule has 0 aliphatic carbocycles. The molecule has 4 nitrogen and oxygen atoms in total. The molecule has 2 amide bonds. The molecule has 25 heavy (non-hydrogen) atoms. The summed E-state index contributed by atoms with van der Waals surface area (Å²) in [6.07, 6.45) is 0.251. The molecule has 0 saturated carbocycles. The maximum Gasteiger partial charge on any atom is 0.226 e. The molecular weight excluding hydrogens is 312 g/mol. The van der Waals surface area contributed by atoms with E-state index in [4.69, 9.17) is 0 Å². The van der Waals surface area contributed by atoms with Gasteiger partial charge in [0.25, 0.3) is 0 Å². The number of hydrogen-bond acceptors (Lipinski definition) is 2. The van der Waals surface area contributed by atoms with E-state index in [2.05, 4.69) is 5.32 Å². The van der Waals surface area contributed by atoms with Crippen LogP contribution in [-0.2, 0) is 9.59 Å². The fraction of sp³-hybridized carbons (Fsp3) is 0.333. The molecule has 2 rings (SSSR count). The topological polar surface area (TPSA) is 49.4 Å². The van der Waals surface area contributed by atoms with Crippen LogP contribution >= 0.6 is 0 Å². The zero-order chi connectivity index (χ0) is 18.6. The van der Waals surface area contributed by atoms with Gasteiger partial charge >= 0.3 is 0 Å². The Balaban J connectivity index is 2.10. The fourth-order valence-electron chi connectivity index (χ4n) is 2.90. The van der Waals surface area contributed by atoms with Crippen molar-refractivity contribution in [2.75, 3.05) is 16.8 Å². The second-order valence-electron chi connectivity index (χ2n) is 6.45. The third-order valence-corrected chi connectivity index (χ3v) is 4.55. The summed E-state index contributed by atoms with van der Waals surface area (Å²) in [7, 11) is 0. The molecule has 0 saturated heterocycles. The Morgan fingerprint density at radius 2 is 1.48 bits per heavy atom. The van der Waals surface area contributed by atoms with Crippen molar-refractivity contribution < 1.29 is 9.59 Å². The third-order valence-electron chi connectivity index (χ3n) is 4.55. The molecule has 0 unspecified atom stereocenters. The number of hydrogen-bond donors (Lipinski definition) is 1. The lowest BCUT2D eigenvalue weighted by Crippen LogP contribution is -2.32. The van der Waals surface area contributed by atoms with Gasteiger partial charge in [-0.25, -0.2) is 0 Å². The van der Waals surface area contributed by atoms with Crippen molar-refractivity contribution in [1.29, 1.82) is 0 Å². The number of nitrogens with one attached hydrogen (secondary N) is 1. The Morgan fingerprint density at radius 1 is 0.920 bits per heavy atom. The molecule has 4 heteroatoms. The van der Waals surface area contributed by atoms with E-state index in [0.29, 0.717) is 6.54 Å².